The molecule has 3 heterocycles. The third kappa shape index (κ3) is 3.54. The number of carbonyl (C=O) groups is 4. The van der Waals surface area contributed by atoms with E-state index >= 15 is 0 Å². The lowest BCUT2D eigenvalue weighted by Crippen LogP contribution is -2.37. The maximum Gasteiger partial charge on any atom is 0.262 e. The highest BCUT2D eigenvalue weighted by molar-refractivity contribution is 7.15. The molecule has 5 rings (SSSR count). The Labute approximate surface area is 186 Å². The van der Waals surface area contributed by atoms with Crippen LogP contribution in [0.2, 0.25) is 0 Å². The zero-order valence-electron chi connectivity index (χ0n) is 16.7. The Balaban J connectivity index is 1.23. The van der Waals surface area contributed by atoms with Crippen LogP contribution in [0.1, 0.15) is 38.1 Å². The molecule has 1 saturated heterocycles. The number of nitrogens with zero attached hydrogens (tertiary/aromatic N) is 4. The lowest BCUT2D eigenvalue weighted by Gasteiger charge is -2.15. The van der Waals surface area contributed by atoms with Crippen molar-refractivity contribution in [2.75, 3.05) is 23.3 Å². The van der Waals surface area contributed by atoms with Crippen LogP contribution in [0.15, 0.2) is 54.6 Å². The van der Waals surface area contributed by atoms with Gasteiger partial charge in [-0.15, -0.1) is 10.2 Å². The molecule has 1 fully saturated rings. The van der Waals surface area contributed by atoms with E-state index in [4.69, 9.17) is 0 Å². The number of rotatable bonds is 5. The van der Waals surface area contributed by atoms with Gasteiger partial charge in [0.2, 0.25) is 16.9 Å². The minimum absolute atomic E-state index is 0.00705. The third-order valence-electron chi connectivity index (χ3n) is 5.41. The summed E-state index contributed by atoms with van der Waals surface area (Å²) >= 11 is 1.18. The first-order valence-corrected chi connectivity index (χ1v) is 10.8. The van der Waals surface area contributed by atoms with Gasteiger partial charge in [-0.2, -0.15) is 0 Å². The van der Waals surface area contributed by atoms with Crippen LogP contribution >= 0.6 is 11.3 Å². The van der Waals surface area contributed by atoms with Crippen molar-refractivity contribution in [2.45, 2.75) is 12.3 Å². The van der Waals surface area contributed by atoms with Crippen molar-refractivity contribution in [3.8, 4) is 0 Å². The van der Waals surface area contributed by atoms with E-state index in [-0.39, 0.29) is 28.1 Å². The number of benzene rings is 2. The predicted molar refractivity (Wildman–Crippen MR) is 117 cm³/mol. The first-order valence-electron chi connectivity index (χ1n) is 9.95. The highest BCUT2D eigenvalue weighted by atomic mass is 32.1. The average molecular weight is 447 g/mol. The fourth-order valence-electron chi connectivity index (χ4n) is 3.87. The number of nitrogens with one attached hydrogen (secondary N) is 1. The summed E-state index contributed by atoms with van der Waals surface area (Å²) in [5.41, 5.74) is 1.41. The molecule has 1 N–H and O–H groups in total. The Morgan fingerprint density at radius 2 is 1.62 bits per heavy atom. The summed E-state index contributed by atoms with van der Waals surface area (Å²) in [6, 6.07) is 15.9. The second-order valence-corrected chi connectivity index (χ2v) is 8.49. The molecule has 0 bridgehead atoms. The molecule has 3 aromatic rings. The van der Waals surface area contributed by atoms with E-state index in [1.165, 1.54) is 11.3 Å². The van der Waals surface area contributed by atoms with E-state index in [9.17, 15) is 19.2 Å². The second kappa shape index (κ2) is 7.97. The number of anilines is 2. The standard InChI is InChI=1S/C22H17N5O4S/c28-17(12-27-20(30)15-8-4-5-9-16(15)21(27)31)23-22-25-24-19(32-22)13-10-18(29)26(11-13)14-6-2-1-3-7-14/h1-9,13H,10-12H2,(H,23,25,28). The first-order chi connectivity index (χ1) is 15.5. The molecule has 0 radical (unpaired) electrons. The molecule has 1 unspecified atom stereocenters. The molecule has 9 nitrogen and oxygen atoms in total. The van der Waals surface area contributed by atoms with E-state index in [1.54, 1.807) is 29.2 Å². The molecule has 0 spiro atoms. The summed E-state index contributed by atoms with van der Waals surface area (Å²) in [4.78, 5) is 52.3. The van der Waals surface area contributed by atoms with Crippen LogP contribution in [0.4, 0.5) is 10.8 Å². The maximum absolute atomic E-state index is 12.4. The summed E-state index contributed by atoms with van der Waals surface area (Å²) < 4.78 is 0. The highest BCUT2D eigenvalue weighted by Gasteiger charge is 2.37. The molecule has 2 aliphatic rings. The minimum atomic E-state index is -0.546. The molecule has 0 aliphatic carbocycles. The minimum Gasteiger partial charge on any atom is -0.312 e. The van der Waals surface area contributed by atoms with Gasteiger partial charge >= 0.3 is 0 Å². The normalized spacial score (nSPS) is 17.8. The van der Waals surface area contributed by atoms with E-state index in [1.807, 2.05) is 30.3 Å². The van der Waals surface area contributed by atoms with Crippen LogP contribution in [0.25, 0.3) is 0 Å². The van der Waals surface area contributed by atoms with Gasteiger partial charge in [-0.1, -0.05) is 41.7 Å². The molecule has 1 atom stereocenters. The van der Waals surface area contributed by atoms with E-state index in [2.05, 4.69) is 15.5 Å². The van der Waals surface area contributed by atoms with Crippen molar-refractivity contribution in [3.63, 3.8) is 0 Å². The summed E-state index contributed by atoms with van der Waals surface area (Å²) in [6.07, 6.45) is 0.312. The van der Waals surface area contributed by atoms with Crippen molar-refractivity contribution in [2.24, 2.45) is 0 Å². The number of fused-ring (bicyclic) bond motifs is 1. The smallest absolute Gasteiger partial charge is 0.262 e. The SMILES string of the molecule is O=C(CN1C(=O)c2ccccc2C1=O)Nc1nnc(C2CC(=O)N(c3ccccc3)C2)s1. The van der Waals surface area contributed by atoms with Crippen molar-refractivity contribution < 1.29 is 19.2 Å². The number of aromatic nitrogens is 2. The second-order valence-electron chi connectivity index (χ2n) is 7.48. The van der Waals surface area contributed by atoms with Gasteiger partial charge in [0.15, 0.2) is 0 Å². The van der Waals surface area contributed by atoms with Crippen LogP contribution in [0.3, 0.4) is 0 Å². The number of para-hydroxylation sites is 1. The third-order valence-corrected chi connectivity index (χ3v) is 6.41. The lowest BCUT2D eigenvalue weighted by atomic mass is 10.1. The zero-order chi connectivity index (χ0) is 22.2. The largest absolute Gasteiger partial charge is 0.312 e. The van der Waals surface area contributed by atoms with Gasteiger partial charge in [0.1, 0.15) is 11.6 Å². The van der Waals surface area contributed by atoms with Crippen LogP contribution in [0, 0.1) is 0 Å². The Hall–Kier alpha value is -3.92. The molecule has 32 heavy (non-hydrogen) atoms. The van der Waals surface area contributed by atoms with Crippen molar-refractivity contribution in [1.82, 2.24) is 15.1 Å². The number of hydrogen-bond donors (Lipinski definition) is 1. The highest BCUT2D eigenvalue weighted by Crippen LogP contribution is 2.34. The van der Waals surface area contributed by atoms with Gasteiger partial charge in [-0.3, -0.25) is 29.4 Å². The molecular formula is C22H17N5O4S. The van der Waals surface area contributed by atoms with Crippen molar-refractivity contribution in [1.29, 1.82) is 0 Å². The molecule has 2 aliphatic heterocycles. The van der Waals surface area contributed by atoms with Gasteiger partial charge in [-0.25, -0.2) is 0 Å². The number of carbonyl (C=O) groups excluding carboxylic acids is 4. The van der Waals surface area contributed by atoms with Crippen LogP contribution in [0.5, 0.6) is 0 Å². The Kier molecular flexibility index (Phi) is 4.98. The van der Waals surface area contributed by atoms with Crippen molar-refractivity contribution in [3.05, 3.63) is 70.7 Å². The van der Waals surface area contributed by atoms with Gasteiger partial charge < -0.3 is 4.90 Å². The fraction of sp³-hybridized carbons (Fsp3) is 0.182. The van der Waals surface area contributed by atoms with Crippen LogP contribution < -0.4 is 10.2 Å². The monoisotopic (exact) mass is 447 g/mol. The fourth-order valence-corrected chi connectivity index (χ4v) is 4.72. The predicted octanol–water partition coefficient (Wildman–Crippen LogP) is 2.29. The number of amides is 4. The Bertz CT molecular complexity index is 1210. The van der Waals surface area contributed by atoms with Crippen LogP contribution in [-0.2, 0) is 9.59 Å². The molecule has 4 amide bonds. The molecular weight excluding hydrogens is 430 g/mol. The molecule has 0 saturated carbocycles. The van der Waals surface area contributed by atoms with E-state index < -0.39 is 24.3 Å². The number of hydrogen-bond acceptors (Lipinski definition) is 7. The number of imide groups is 1. The quantitative estimate of drug-likeness (QED) is 0.601. The van der Waals surface area contributed by atoms with E-state index in [0.29, 0.717) is 18.0 Å². The molecule has 2 aromatic carbocycles. The zero-order valence-corrected chi connectivity index (χ0v) is 17.5. The summed E-state index contributed by atoms with van der Waals surface area (Å²) in [5, 5.41) is 11.6. The van der Waals surface area contributed by atoms with Crippen molar-refractivity contribution >= 4 is 45.8 Å². The molecule has 1 aromatic heterocycles. The Morgan fingerprint density at radius 3 is 2.31 bits per heavy atom. The maximum atomic E-state index is 12.4. The topological polar surface area (TPSA) is 113 Å². The van der Waals surface area contributed by atoms with Crippen LogP contribution in [-0.4, -0.2) is 51.8 Å². The summed E-state index contributed by atoms with van der Waals surface area (Å²) in [7, 11) is 0. The van der Waals surface area contributed by atoms with Gasteiger partial charge in [0.25, 0.3) is 11.8 Å². The first kappa shape index (κ1) is 20.0. The average Bonchev–Trinajstić information content (AvgIpc) is 3.48. The van der Waals surface area contributed by atoms with Gasteiger partial charge in [0, 0.05) is 24.6 Å². The van der Waals surface area contributed by atoms with E-state index in [0.717, 1.165) is 10.6 Å². The summed E-state index contributed by atoms with van der Waals surface area (Å²) in [5.74, 6) is -1.65. The molecule has 10 heteroatoms. The Morgan fingerprint density at radius 1 is 0.969 bits per heavy atom. The van der Waals surface area contributed by atoms with Gasteiger partial charge in [0.05, 0.1) is 11.1 Å². The summed E-state index contributed by atoms with van der Waals surface area (Å²) in [6.45, 7) is 0.0748. The van der Waals surface area contributed by atoms with Gasteiger partial charge in [-0.05, 0) is 24.3 Å². The lowest BCUT2D eigenvalue weighted by molar-refractivity contribution is -0.117. The molecule has 160 valence electrons.